The fourth-order valence-corrected chi connectivity index (χ4v) is 3.95. The molecule has 2 heterocycles. The van der Waals surface area contributed by atoms with E-state index in [4.69, 9.17) is 14.0 Å². The molecule has 5 nitrogen and oxygen atoms in total. The summed E-state index contributed by atoms with van der Waals surface area (Å²) in [5.41, 5.74) is 1.33. The van der Waals surface area contributed by atoms with Crippen LogP contribution in [0.1, 0.15) is 44.3 Å². The van der Waals surface area contributed by atoms with E-state index in [0.29, 0.717) is 17.1 Å². The molecule has 1 aliphatic heterocycles. The second kappa shape index (κ2) is 8.19. The van der Waals surface area contributed by atoms with Crippen LogP contribution < -0.4 is 9.47 Å². The first-order valence-corrected chi connectivity index (χ1v) is 9.72. The van der Waals surface area contributed by atoms with Crippen molar-refractivity contribution in [1.29, 1.82) is 0 Å². The number of nitrogens with zero attached hydrogens (tertiary/aromatic N) is 2. The highest BCUT2D eigenvalue weighted by Crippen LogP contribution is 2.38. The van der Waals surface area contributed by atoms with E-state index < -0.39 is 0 Å². The van der Waals surface area contributed by atoms with Gasteiger partial charge in [0.25, 0.3) is 0 Å². The highest BCUT2D eigenvalue weighted by molar-refractivity contribution is 5.79. The molecule has 1 saturated heterocycles. The fraction of sp³-hybridized carbons (Fsp3) is 0.409. The van der Waals surface area contributed by atoms with Gasteiger partial charge in [0.2, 0.25) is 0 Å². The van der Waals surface area contributed by atoms with E-state index in [1.54, 1.807) is 19.2 Å². The van der Waals surface area contributed by atoms with Gasteiger partial charge in [-0.25, -0.2) is 4.39 Å². The van der Waals surface area contributed by atoms with Crippen LogP contribution in [0.25, 0.3) is 11.0 Å². The molecule has 0 N–H and O–H groups in total. The minimum Gasteiger partial charge on any atom is -0.493 e. The fourth-order valence-electron chi connectivity index (χ4n) is 3.95. The lowest BCUT2D eigenvalue weighted by molar-refractivity contribution is -0.0289. The normalized spacial score (nSPS) is 18.9. The summed E-state index contributed by atoms with van der Waals surface area (Å²) in [6, 6.07) is 13.1. The van der Waals surface area contributed by atoms with E-state index in [1.165, 1.54) is 12.1 Å². The number of hydrogen-bond acceptors (Lipinski definition) is 5. The van der Waals surface area contributed by atoms with E-state index in [-0.39, 0.29) is 18.1 Å². The first-order valence-electron chi connectivity index (χ1n) is 9.72. The summed E-state index contributed by atoms with van der Waals surface area (Å²) in [4.78, 5) is 2.33. The molecule has 0 aliphatic carbocycles. The number of rotatable bonds is 6. The molecule has 2 aromatic carbocycles. The van der Waals surface area contributed by atoms with Crippen molar-refractivity contribution < 1.29 is 18.4 Å². The van der Waals surface area contributed by atoms with Crippen LogP contribution in [0.15, 0.2) is 40.9 Å². The van der Waals surface area contributed by atoms with Crippen molar-refractivity contribution in [3.63, 3.8) is 0 Å². The summed E-state index contributed by atoms with van der Waals surface area (Å²) in [5.74, 6) is 1.04. The monoisotopic (exact) mass is 383 g/mol. The summed E-state index contributed by atoms with van der Waals surface area (Å²) in [6.07, 6.45) is 3.84. The van der Waals surface area contributed by atoms with E-state index >= 15 is 0 Å². The molecule has 0 saturated carbocycles. The van der Waals surface area contributed by atoms with Crippen LogP contribution >= 0.6 is 0 Å². The summed E-state index contributed by atoms with van der Waals surface area (Å²) in [5, 5.41) is 5.16. The largest absolute Gasteiger partial charge is 0.493 e. The molecule has 1 aromatic heterocycles. The third kappa shape index (κ3) is 3.56. The molecule has 147 valence electrons. The Kier molecular flexibility index (Phi) is 5.48. The number of ether oxygens (including phenoxy) is 2. The van der Waals surface area contributed by atoms with Crippen molar-refractivity contribution in [2.75, 3.05) is 13.7 Å². The highest BCUT2D eigenvalue weighted by atomic mass is 19.1. The molecule has 1 fully saturated rings. The van der Waals surface area contributed by atoms with Gasteiger partial charge in [-0.2, -0.15) is 0 Å². The quantitative estimate of drug-likeness (QED) is 0.591. The number of fused-ring (bicyclic) bond motifs is 1. The molecule has 2 unspecified atom stereocenters. The zero-order valence-corrected chi connectivity index (χ0v) is 16.2. The Bertz CT molecular complexity index is 942. The van der Waals surface area contributed by atoms with Crippen molar-refractivity contribution in [1.82, 2.24) is 10.1 Å². The van der Waals surface area contributed by atoms with Gasteiger partial charge in [0.1, 0.15) is 11.5 Å². The Morgan fingerprint density at radius 3 is 3.04 bits per heavy atom. The third-order valence-corrected chi connectivity index (χ3v) is 5.31. The zero-order valence-electron chi connectivity index (χ0n) is 16.2. The maximum absolute atomic E-state index is 13.5. The topological polar surface area (TPSA) is 47.7 Å². The SMILES string of the molecule is CCC(Oc1cc[c]cc1OC)N1CCCCC1c1noc2cc(F)ccc12. The Balaban J connectivity index is 1.65. The molecule has 6 heteroatoms. The maximum Gasteiger partial charge on any atom is 0.170 e. The average molecular weight is 383 g/mol. The highest BCUT2D eigenvalue weighted by Gasteiger charge is 2.33. The van der Waals surface area contributed by atoms with Gasteiger partial charge in [-0.15, -0.1) is 0 Å². The molecule has 2 atom stereocenters. The maximum atomic E-state index is 13.5. The third-order valence-electron chi connectivity index (χ3n) is 5.31. The second-order valence-corrected chi connectivity index (χ2v) is 7.02. The number of methoxy groups -OCH3 is 1. The lowest BCUT2D eigenvalue weighted by Gasteiger charge is -2.40. The summed E-state index contributed by atoms with van der Waals surface area (Å²) >= 11 is 0. The molecular formula is C22H24FN2O3. The zero-order chi connectivity index (χ0) is 19.5. The average Bonchev–Trinajstić information content (AvgIpc) is 3.15. The molecule has 0 amide bonds. The molecule has 0 bridgehead atoms. The van der Waals surface area contributed by atoms with Gasteiger partial charge in [-0.3, -0.25) is 4.90 Å². The minimum atomic E-state index is -0.321. The van der Waals surface area contributed by atoms with Crippen LogP contribution in [0.5, 0.6) is 11.5 Å². The van der Waals surface area contributed by atoms with E-state index in [0.717, 1.165) is 43.3 Å². The first-order chi connectivity index (χ1) is 13.7. The predicted octanol–water partition coefficient (Wildman–Crippen LogP) is 5.12. The Hall–Kier alpha value is -2.60. The summed E-state index contributed by atoms with van der Waals surface area (Å²) in [6.45, 7) is 3.01. The Morgan fingerprint density at radius 2 is 2.21 bits per heavy atom. The number of benzene rings is 2. The number of halogens is 1. The molecule has 3 aromatic rings. The van der Waals surface area contributed by atoms with Gasteiger partial charge in [-0.1, -0.05) is 24.6 Å². The predicted molar refractivity (Wildman–Crippen MR) is 104 cm³/mol. The Labute approximate surface area is 164 Å². The van der Waals surface area contributed by atoms with Crippen LogP contribution in [0, 0.1) is 11.9 Å². The second-order valence-electron chi connectivity index (χ2n) is 7.02. The van der Waals surface area contributed by atoms with Crippen LogP contribution in [0.4, 0.5) is 4.39 Å². The van der Waals surface area contributed by atoms with Gasteiger partial charge >= 0.3 is 0 Å². The smallest absolute Gasteiger partial charge is 0.170 e. The van der Waals surface area contributed by atoms with Crippen LogP contribution in [0.2, 0.25) is 0 Å². The first kappa shape index (κ1) is 18.7. The number of likely N-dealkylation sites (tertiary alicyclic amines) is 1. The van der Waals surface area contributed by atoms with E-state index in [1.807, 2.05) is 12.1 Å². The van der Waals surface area contributed by atoms with Gasteiger partial charge in [0, 0.05) is 18.0 Å². The van der Waals surface area contributed by atoms with E-state index in [2.05, 4.69) is 23.0 Å². The summed E-state index contributed by atoms with van der Waals surface area (Å²) in [7, 11) is 1.63. The van der Waals surface area contributed by atoms with Crippen molar-refractivity contribution in [2.24, 2.45) is 0 Å². The van der Waals surface area contributed by atoms with Gasteiger partial charge in [0.15, 0.2) is 23.3 Å². The number of aromatic nitrogens is 1. The molecule has 1 radical (unpaired) electrons. The number of hydrogen-bond donors (Lipinski definition) is 0. The summed E-state index contributed by atoms with van der Waals surface area (Å²) < 4.78 is 30.7. The van der Waals surface area contributed by atoms with Crippen molar-refractivity contribution in [3.8, 4) is 11.5 Å². The van der Waals surface area contributed by atoms with Crippen LogP contribution in [-0.4, -0.2) is 29.9 Å². The van der Waals surface area contributed by atoms with Crippen molar-refractivity contribution in [3.05, 3.63) is 54.0 Å². The minimum absolute atomic E-state index is 0.0617. The van der Waals surface area contributed by atoms with E-state index in [9.17, 15) is 4.39 Å². The number of piperidine rings is 1. The van der Waals surface area contributed by atoms with Crippen molar-refractivity contribution >= 4 is 11.0 Å². The molecular weight excluding hydrogens is 359 g/mol. The van der Waals surface area contributed by atoms with Gasteiger partial charge < -0.3 is 14.0 Å². The molecule has 1 aliphatic rings. The van der Waals surface area contributed by atoms with Crippen LogP contribution in [-0.2, 0) is 0 Å². The molecule has 0 spiro atoms. The lowest BCUT2D eigenvalue weighted by Crippen LogP contribution is -2.44. The van der Waals surface area contributed by atoms with Crippen molar-refractivity contribution in [2.45, 2.75) is 44.9 Å². The molecule has 28 heavy (non-hydrogen) atoms. The van der Waals surface area contributed by atoms with Gasteiger partial charge in [0.05, 0.1) is 13.2 Å². The van der Waals surface area contributed by atoms with Crippen LogP contribution in [0.3, 0.4) is 0 Å². The lowest BCUT2D eigenvalue weighted by atomic mass is 9.96. The Morgan fingerprint density at radius 1 is 1.32 bits per heavy atom. The standard InChI is InChI=1S/C22H24FN2O3/c1-3-21(27-19-10-5-4-9-18(19)26-2)25-13-7-6-8-17(25)22-16-12-11-15(23)14-20(16)28-24-22/h5,9-12,14,17,21H,3,6-8,13H2,1-2H3. The molecule has 4 rings (SSSR count). The van der Waals surface area contributed by atoms with Gasteiger partial charge in [-0.05, 0) is 49.6 Å².